The van der Waals surface area contributed by atoms with Crippen molar-refractivity contribution < 1.29 is 8.42 Å². The van der Waals surface area contributed by atoms with E-state index in [2.05, 4.69) is 0 Å². The standard InChI is InChI=1S/C18H22O2S/c1-3-17(15-11-7-5-8-12-15)21(19,20)18(4-2)16-13-9-6-10-14-16/h5-14,17-18H,3-4H2,1-2H3. The van der Waals surface area contributed by atoms with Gasteiger partial charge < -0.3 is 0 Å². The minimum atomic E-state index is -3.27. The van der Waals surface area contributed by atoms with Crippen LogP contribution in [0.5, 0.6) is 0 Å². The number of sulfone groups is 1. The highest BCUT2D eigenvalue weighted by Crippen LogP contribution is 2.37. The molecule has 0 saturated heterocycles. The van der Waals surface area contributed by atoms with Crippen molar-refractivity contribution in [2.75, 3.05) is 0 Å². The molecule has 112 valence electrons. The molecule has 0 aromatic heterocycles. The van der Waals surface area contributed by atoms with Crippen molar-refractivity contribution in [1.29, 1.82) is 0 Å². The Balaban J connectivity index is 2.43. The molecule has 2 nitrogen and oxygen atoms in total. The van der Waals surface area contributed by atoms with Crippen molar-refractivity contribution >= 4 is 9.84 Å². The Morgan fingerprint density at radius 1 is 0.714 bits per heavy atom. The van der Waals surface area contributed by atoms with Gasteiger partial charge in [0, 0.05) is 0 Å². The number of benzene rings is 2. The van der Waals surface area contributed by atoms with Crippen LogP contribution in [-0.2, 0) is 9.84 Å². The zero-order valence-corrected chi connectivity index (χ0v) is 13.4. The van der Waals surface area contributed by atoms with Crippen LogP contribution in [0.15, 0.2) is 60.7 Å². The topological polar surface area (TPSA) is 34.1 Å². The maximum atomic E-state index is 13.1. The van der Waals surface area contributed by atoms with Gasteiger partial charge in [-0.15, -0.1) is 0 Å². The second kappa shape index (κ2) is 6.90. The van der Waals surface area contributed by atoms with Crippen LogP contribution in [0.4, 0.5) is 0 Å². The fraction of sp³-hybridized carbons (Fsp3) is 0.333. The van der Waals surface area contributed by atoms with Gasteiger partial charge in [-0.05, 0) is 24.0 Å². The smallest absolute Gasteiger partial charge is 0.164 e. The number of hydrogen-bond acceptors (Lipinski definition) is 2. The number of hydrogen-bond donors (Lipinski definition) is 0. The summed E-state index contributed by atoms with van der Waals surface area (Å²) in [4.78, 5) is 0. The van der Waals surface area contributed by atoms with Gasteiger partial charge in [0.05, 0.1) is 10.5 Å². The van der Waals surface area contributed by atoms with Crippen LogP contribution < -0.4 is 0 Å². The molecule has 0 bridgehead atoms. The van der Waals surface area contributed by atoms with E-state index in [1.807, 2.05) is 74.5 Å². The highest BCUT2D eigenvalue weighted by molar-refractivity contribution is 7.91. The van der Waals surface area contributed by atoms with Crippen molar-refractivity contribution in [1.82, 2.24) is 0 Å². The van der Waals surface area contributed by atoms with Crippen LogP contribution in [0.3, 0.4) is 0 Å². The summed E-state index contributed by atoms with van der Waals surface area (Å²) in [6.45, 7) is 3.87. The summed E-state index contributed by atoms with van der Waals surface area (Å²) in [5, 5.41) is -0.882. The number of rotatable bonds is 6. The van der Waals surface area contributed by atoms with Gasteiger partial charge in [-0.1, -0.05) is 74.5 Å². The molecular formula is C18H22O2S. The summed E-state index contributed by atoms with van der Waals surface area (Å²) in [5.74, 6) is 0. The molecule has 0 saturated carbocycles. The molecule has 21 heavy (non-hydrogen) atoms. The lowest BCUT2D eigenvalue weighted by molar-refractivity contribution is 0.562. The molecule has 0 N–H and O–H groups in total. The van der Waals surface area contributed by atoms with E-state index in [4.69, 9.17) is 0 Å². The van der Waals surface area contributed by atoms with E-state index in [0.717, 1.165) is 11.1 Å². The summed E-state index contributed by atoms with van der Waals surface area (Å²) in [6.07, 6.45) is 1.19. The van der Waals surface area contributed by atoms with Gasteiger partial charge in [0.25, 0.3) is 0 Å². The fourth-order valence-electron chi connectivity index (χ4n) is 2.85. The van der Waals surface area contributed by atoms with Crippen molar-refractivity contribution in [3.63, 3.8) is 0 Å². The first kappa shape index (κ1) is 15.8. The maximum Gasteiger partial charge on any atom is 0.164 e. The molecule has 2 aromatic rings. The molecule has 0 heterocycles. The predicted molar refractivity (Wildman–Crippen MR) is 87.9 cm³/mol. The van der Waals surface area contributed by atoms with Crippen LogP contribution in [0, 0.1) is 0 Å². The zero-order chi connectivity index (χ0) is 15.3. The Bertz CT molecular complexity index is 595. The summed E-state index contributed by atoms with van der Waals surface area (Å²) < 4.78 is 26.2. The third kappa shape index (κ3) is 3.35. The van der Waals surface area contributed by atoms with Crippen molar-refractivity contribution in [2.24, 2.45) is 0 Å². The minimum absolute atomic E-state index is 0.441. The van der Waals surface area contributed by atoms with Crippen LogP contribution in [0.25, 0.3) is 0 Å². The van der Waals surface area contributed by atoms with E-state index in [1.165, 1.54) is 0 Å². The zero-order valence-electron chi connectivity index (χ0n) is 12.6. The third-order valence-corrected chi connectivity index (χ3v) is 6.67. The fourth-order valence-corrected chi connectivity index (χ4v) is 5.25. The molecule has 3 heteroatoms. The van der Waals surface area contributed by atoms with E-state index in [9.17, 15) is 8.42 Å². The Morgan fingerprint density at radius 3 is 1.33 bits per heavy atom. The molecule has 0 amide bonds. The van der Waals surface area contributed by atoms with E-state index >= 15 is 0 Å². The van der Waals surface area contributed by atoms with Gasteiger partial charge >= 0.3 is 0 Å². The van der Waals surface area contributed by atoms with Gasteiger partial charge in [0.2, 0.25) is 0 Å². The highest BCUT2D eigenvalue weighted by atomic mass is 32.2. The van der Waals surface area contributed by atoms with Crippen molar-refractivity contribution in [2.45, 2.75) is 37.2 Å². The van der Waals surface area contributed by atoms with Gasteiger partial charge in [-0.2, -0.15) is 0 Å². The average Bonchev–Trinajstić information content (AvgIpc) is 2.50. The van der Waals surface area contributed by atoms with Crippen molar-refractivity contribution in [3.8, 4) is 0 Å². The molecule has 0 radical (unpaired) electrons. The molecular weight excluding hydrogens is 280 g/mol. The van der Waals surface area contributed by atoms with Crippen LogP contribution in [0.2, 0.25) is 0 Å². The largest absolute Gasteiger partial charge is 0.228 e. The normalized spacial score (nSPS) is 14.6. The first-order valence-corrected chi connectivity index (χ1v) is 9.04. The van der Waals surface area contributed by atoms with Gasteiger partial charge in [0.15, 0.2) is 9.84 Å². The maximum absolute atomic E-state index is 13.1. The molecule has 0 aliphatic heterocycles. The lowest BCUT2D eigenvalue weighted by atomic mass is 10.1. The van der Waals surface area contributed by atoms with Gasteiger partial charge in [-0.3, -0.25) is 0 Å². The second-order valence-corrected chi connectivity index (χ2v) is 7.52. The quantitative estimate of drug-likeness (QED) is 0.775. The van der Waals surface area contributed by atoms with E-state index in [0.29, 0.717) is 12.8 Å². The summed E-state index contributed by atoms with van der Waals surface area (Å²) in [7, 11) is -3.27. The van der Waals surface area contributed by atoms with Crippen molar-refractivity contribution in [3.05, 3.63) is 71.8 Å². The molecule has 2 atom stereocenters. The SMILES string of the molecule is CCC(c1ccccc1)S(=O)(=O)C(CC)c1ccccc1. The van der Waals surface area contributed by atoms with E-state index in [-0.39, 0.29) is 0 Å². The van der Waals surface area contributed by atoms with Crippen LogP contribution >= 0.6 is 0 Å². The minimum Gasteiger partial charge on any atom is -0.228 e. The Morgan fingerprint density at radius 2 is 1.05 bits per heavy atom. The molecule has 2 unspecified atom stereocenters. The monoisotopic (exact) mass is 302 g/mol. The summed E-state index contributed by atoms with van der Waals surface area (Å²) >= 11 is 0. The first-order valence-electron chi connectivity index (χ1n) is 7.43. The average molecular weight is 302 g/mol. The molecule has 0 aliphatic carbocycles. The molecule has 0 spiro atoms. The Kier molecular flexibility index (Phi) is 5.18. The van der Waals surface area contributed by atoms with Crippen LogP contribution in [-0.4, -0.2) is 8.42 Å². The lowest BCUT2D eigenvalue weighted by Gasteiger charge is -2.23. The summed E-state index contributed by atoms with van der Waals surface area (Å²) in [5.41, 5.74) is 1.77. The Labute approximate surface area is 127 Å². The van der Waals surface area contributed by atoms with Gasteiger partial charge in [0.1, 0.15) is 0 Å². The molecule has 0 aliphatic rings. The molecule has 2 rings (SSSR count). The third-order valence-electron chi connectivity index (χ3n) is 3.88. The van der Waals surface area contributed by atoms with Crippen LogP contribution in [0.1, 0.15) is 48.3 Å². The highest BCUT2D eigenvalue weighted by Gasteiger charge is 2.33. The molecule has 0 fully saturated rings. The second-order valence-electron chi connectivity index (χ2n) is 5.20. The predicted octanol–water partition coefficient (Wildman–Crippen LogP) is 4.70. The van der Waals surface area contributed by atoms with E-state index < -0.39 is 20.3 Å². The molecule has 2 aromatic carbocycles. The summed E-state index contributed by atoms with van der Waals surface area (Å²) in [6, 6.07) is 19.1. The lowest BCUT2D eigenvalue weighted by Crippen LogP contribution is -2.20. The van der Waals surface area contributed by atoms with Gasteiger partial charge in [-0.25, -0.2) is 8.42 Å². The first-order chi connectivity index (χ1) is 10.1. The van der Waals surface area contributed by atoms with E-state index in [1.54, 1.807) is 0 Å². The Hall–Kier alpha value is -1.61.